The molecule has 2 aromatic heterocycles. The number of hydrogen-bond donors (Lipinski definition) is 2. The van der Waals surface area contributed by atoms with Crippen LogP contribution in [0.5, 0.6) is 0 Å². The van der Waals surface area contributed by atoms with E-state index in [9.17, 15) is 4.79 Å². The van der Waals surface area contributed by atoms with Crippen molar-refractivity contribution in [1.29, 1.82) is 0 Å². The van der Waals surface area contributed by atoms with Gasteiger partial charge in [-0.1, -0.05) is 0 Å². The van der Waals surface area contributed by atoms with Gasteiger partial charge in [-0.15, -0.1) is 0 Å². The fourth-order valence-corrected chi connectivity index (χ4v) is 1.57. The van der Waals surface area contributed by atoms with Gasteiger partial charge in [0, 0.05) is 24.9 Å². The second kappa shape index (κ2) is 5.34. The predicted octanol–water partition coefficient (Wildman–Crippen LogP) is 1.80. The summed E-state index contributed by atoms with van der Waals surface area (Å²) >= 11 is 0. The lowest BCUT2D eigenvalue weighted by molar-refractivity contribution is 0.494. The van der Waals surface area contributed by atoms with Crippen molar-refractivity contribution >= 4 is 5.82 Å². The number of rotatable bonds is 5. The summed E-state index contributed by atoms with van der Waals surface area (Å²) in [4.78, 5) is 17.9. The maximum atomic E-state index is 11.4. The zero-order chi connectivity index (χ0) is 12.1. The van der Waals surface area contributed by atoms with Gasteiger partial charge in [0.05, 0.1) is 6.26 Å². The summed E-state index contributed by atoms with van der Waals surface area (Å²) in [5, 5.41) is 3.08. The summed E-state index contributed by atoms with van der Waals surface area (Å²) in [6, 6.07) is 3.98. The van der Waals surface area contributed by atoms with E-state index in [1.165, 1.54) is 6.20 Å². The maximum Gasteiger partial charge on any atom is 0.290 e. The molecule has 0 aromatic carbocycles. The fourth-order valence-electron chi connectivity index (χ4n) is 1.57. The summed E-state index contributed by atoms with van der Waals surface area (Å²) in [6.45, 7) is 2.01. The van der Waals surface area contributed by atoms with E-state index < -0.39 is 0 Å². The molecule has 0 aliphatic carbocycles. The normalized spacial score (nSPS) is 12.3. The van der Waals surface area contributed by atoms with Crippen molar-refractivity contribution in [3.63, 3.8) is 0 Å². The first kappa shape index (κ1) is 11.4. The molecule has 5 nitrogen and oxygen atoms in total. The van der Waals surface area contributed by atoms with Crippen LogP contribution in [0.15, 0.2) is 40.0 Å². The Morgan fingerprint density at radius 1 is 1.59 bits per heavy atom. The monoisotopic (exact) mass is 233 g/mol. The zero-order valence-electron chi connectivity index (χ0n) is 9.64. The third kappa shape index (κ3) is 3.21. The molecule has 1 atom stereocenters. The Morgan fingerprint density at radius 3 is 3.18 bits per heavy atom. The number of aromatic amines is 1. The Bertz CT molecular complexity index is 504. The summed E-state index contributed by atoms with van der Waals surface area (Å²) in [7, 11) is 0. The van der Waals surface area contributed by atoms with Gasteiger partial charge in [0.25, 0.3) is 5.56 Å². The SMILES string of the molecule is CC(CCc1ccco1)Nc1ncc[nH]c1=O. The molecule has 0 spiro atoms. The third-order valence-electron chi connectivity index (χ3n) is 2.49. The van der Waals surface area contributed by atoms with Crippen molar-refractivity contribution in [2.24, 2.45) is 0 Å². The lowest BCUT2D eigenvalue weighted by atomic mass is 10.1. The minimum absolute atomic E-state index is 0.163. The molecule has 0 amide bonds. The average molecular weight is 233 g/mol. The van der Waals surface area contributed by atoms with Gasteiger partial charge in [-0.2, -0.15) is 0 Å². The Labute approximate surface area is 98.9 Å². The molecule has 0 bridgehead atoms. The van der Waals surface area contributed by atoms with Crippen LogP contribution < -0.4 is 10.9 Å². The van der Waals surface area contributed by atoms with Gasteiger partial charge >= 0.3 is 0 Å². The highest BCUT2D eigenvalue weighted by molar-refractivity contribution is 5.31. The molecule has 0 fully saturated rings. The van der Waals surface area contributed by atoms with Crippen molar-refractivity contribution < 1.29 is 4.42 Å². The van der Waals surface area contributed by atoms with Gasteiger partial charge in [0.15, 0.2) is 5.82 Å². The highest BCUT2D eigenvalue weighted by atomic mass is 16.3. The highest BCUT2D eigenvalue weighted by Crippen LogP contribution is 2.07. The first-order valence-corrected chi connectivity index (χ1v) is 5.58. The number of hydrogen-bond acceptors (Lipinski definition) is 4. The van der Waals surface area contributed by atoms with Gasteiger partial charge in [-0.25, -0.2) is 4.98 Å². The van der Waals surface area contributed by atoms with E-state index in [1.807, 2.05) is 19.1 Å². The number of anilines is 1. The van der Waals surface area contributed by atoms with Crippen LogP contribution in [0.3, 0.4) is 0 Å². The van der Waals surface area contributed by atoms with Gasteiger partial charge in [-0.05, 0) is 25.5 Å². The molecule has 0 aliphatic heterocycles. The van der Waals surface area contributed by atoms with Gasteiger partial charge in [0.2, 0.25) is 0 Å². The average Bonchev–Trinajstić information content (AvgIpc) is 2.82. The lowest BCUT2D eigenvalue weighted by Crippen LogP contribution is -2.23. The molecule has 0 radical (unpaired) electrons. The fraction of sp³-hybridized carbons (Fsp3) is 0.333. The van der Waals surface area contributed by atoms with E-state index in [2.05, 4.69) is 15.3 Å². The summed E-state index contributed by atoms with van der Waals surface area (Å²) in [6.07, 6.45) is 6.45. The number of nitrogens with one attached hydrogen (secondary N) is 2. The number of furan rings is 1. The standard InChI is InChI=1S/C12H15N3O2/c1-9(4-5-10-3-2-8-17-10)15-11-12(16)14-7-6-13-11/h2-3,6-9H,4-5H2,1H3,(H,13,15)(H,14,16). The predicted molar refractivity (Wildman–Crippen MR) is 65.0 cm³/mol. The first-order chi connectivity index (χ1) is 8.25. The number of aryl methyl sites for hydroxylation is 1. The highest BCUT2D eigenvalue weighted by Gasteiger charge is 2.06. The van der Waals surface area contributed by atoms with Crippen molar-refractivity contribution in [1.82, 2.24) is 9.97 Å². The Morgan fingerprint density at radius 2 is 2.47 bits per heavy atom. The molecule has 5 heteroatoms. The smallest absolute Gasteiger partial charge is 0.290 e. The van der Waals surface area contributed by atoms with Gasteiger partial charge in [0.1, 0.15) is 5.76 Å². The molecular formula is C12H15N3O2. The van der Waals surface area contributed by atoms with Gasteiger partial charge < -0.3 is 14.7 Å². The second-order valence-corrected chi connectivity index (χ2v) is 3.93. The van der Waals surface area contributed by atoms with Crippen LogP contribution in [-0.4, -0.2) is 16.0 Å². The molecule has 0 saturated carbocycles. The molecular weight excluding hydrogens is 218 g/mol. The topological polar surface area (TPSA) is 70.9 Å². The Kier molecular flexibility index (Phi) is 3.59. The molecule has 2 N–H and O–H groups in total. The summed E-state index contributed by atoms with van der Waals surface area (Å²) in [5.74, 6) is 1.31. The number of aromatic nitrogens is 2. The van der Waals surface area contributed by atoms with E-state index in [4.69, 9.17) is 4.42 Å². The van der Waals surface area contributed by atoms with Crippen LogP contribution >= 0.6 is 0 Å². The molecule has 1 unspecified atom stereocenters. The summed E-state index contributed by atoms with van der Waals surface area (Å²) in [5.41, 5.74) is -0.197. The first-order valence-electron chi connectivity index (χ1n) is 5.58. The van der Waals surface area contributed by atoms with Gasteiger partial charge in [-0.3, -0.25) is 4.79 Å². The molecule has 0 aliphatic rings. The largest absolute Gasteiger partial charge is 0.469 e. The third-order valence-corrected chi connectivity index (χ3v) is 2.49. The Balaban J connectivity index is 1.87. The molecule has 2 aromatic rings. The van der Waals surface area contributed by atoms with Crippen molar-refractivity contribution in [2.45, 2.75) is 25.8 Å². The van der Waals surface area contributed by atoms with Crippen LogP contribution in [0.1, 0.15) is 19.1 Å². The summed E-state index contributed by atoms with van der Waals surface area (Å²) < 4.78 is 5.25. The second-order valence-electron chi connectivity index (χ2n) is 3.93. The quantitative estimate of drug-likeness (QED) is 0.826. The molecule has 2 heterocycles. The molecule has 90 valence electrons. The van der Waals surface area contributed by atoms with Crippen LogP contribution in [0.2, 0.25) is 0 Å². The van der Waals surface area contributed by atoms with E-state index in [1.54, 1.807) is 12.5 Å². The van der Waals surface area contributed by atoms with Crippen LogP contribution in [0.4, 0.5) is 5.82 Å². The van der Waals surface area contributed by atoms with E-state index >= 15 is 0 Å². The van der Waals surface area contributed by atoms with E-state index in [-0.39, 0.29) is 11.6 Å². The number of nitrogens with zero attached hydrogens (tertiary/aromatic N) is 1. The number of H-pyrrole nitrogens is 1. The minimum atomic E-state index is -0.197. The molecule has 0 saturated heterocycles. The van der Waals surface area contributed by atoms with Crippen LogP contribution in [-0.2, 0) is 6.42 Å². The van der Waals surface area contributed by atoms with Crippen LogP contribution in [0, 0.1) is 0 Å². The van der Waals surface area contributed by atoms with Crippen molar-refractivity contribution in [3.8, 4) is 0 Å². The maximum absolute atomic E-state index is 11.4. The minimum Gasteiger partial charge on any atom is -0.469 e. The van der Waals surface area contributed by atoms with Crippen LogP contribution in [0.25, 0.3) is 0 Å². The lowest BCUT2D eigenvalue weighted by Gasteiger charge is -2.12. The molecule has 2 rings (SSSR count). The van der Waals surface area contributed by atoms with E-state index in [0.717, 1.165) is 18.6 Å². The molecule has 17 heavy (non-hydrogen) atoms. The van der Waals surface area contributed by atoms with Crippen molar-refractivity contribution in [2.75, 3.05) is 5.32 Å². The zero-order valence-corrected chi connectivity index (χ0v) is 9.64. The Hall–Kier alpha value is -2.04. The van der Waals surface area contributed by atoms with Crippen molar-refractivity contribution in [3.05, 3.63) is 46.9 Å². The van der Waals surface area contributed by atoms with E-state index in [0.29, 0.717) is 5.82 Å².